The average Bonchev–Trinajstić information content (AvgIpc) is 2.79. The molecule has 1 aromatic carbocycles. The van der Waals surface area contributed by atoms with Crippen molar-refractivity contribution in [3.8, 4) is 5.75 Å². The normalized spacial score (nSPS) is 17.0. The Balaban J connectivity index is 1.60. The summed E-state index contributed by atoms with van der Waals surface area (Å²) >= 11 is 0. The molecule has 1 unspecified atom stereocenters. The van der Waals surface area contributed by atoms with Gasteiger partial charge in [-0.3, -0.25) is 0 Å². The van der Waals surface area contributed by atoms with E-state index in [0.29, 0.717) is 6.54 Å². The summed E-state index contributed by atoms with van der Waals surface area (Å²) in [4.78, 5) is 7.93. The highest BCUT2D eigenvalue weighted by Gasteiger charge is 2.21. The maximum Gasteiger partial charge on any atom is 0.221 e. The SMILES string of the molecule is Nc1nccc(NCC2Cc3ccccc3O2)n1. The number of rotatable bonds is 3. The average molecular weight is 242 g/mol. The summed E-state index contributed by atoms with van der Waals surface area (Å²) in [5.41, 5.74) is 6.77. The molecule has 18 heavy (non-hydrogen) atoms. The van der Waals surface area contributed by atoms with E-state index in [2.05, 4.69) is 21.4 Å². The second-order valence-corrected chi connectivity index (χ2v) is 4.23. The first-order valence-electron chi connectivity index (χ1n) is 5.88. The smallest absolute Gasteiger partial charge is 0.221 e. The second-order valence-electron chi connectivity index (χ2n) is 4.23. The molecule has 3 N–H and O–H groups in total. The maximum atomic E-state index is 5.82. The Morgan fingerprint density at radius 1 is 1.33 bits per heavy atom. The predicted octanol–water partition coefficient (Wildman–Crippen LogP) is 1.47. The van der Waals surface area contributed by atoms with Crippen LogP contribution in [-0.2, 0) is 6.42 Å². The van der Waals surface area contributed by atoms with Gasteiger partial charge in [0, 0.05) is 12.6 Å². The van der Waals surface area contributed by atoms with E-state index >= 15 is 0 Å². The number of nitrogens with one attached hydrogen (secondary N) is 1. The first-order valence-corrected chi connectivity index (χ1v) is 5.88. The van der Waals surface area contributed by atoms with Crippen molar-refractivity contribution in [2.24, 2.45) is 0 Å². The van der Waals surface area contributed by atoms with E-state index < -0.39 is 0 Å². The highest BCUT2D eigenvalue weighted by molar-refractivity contribution is 5.40. The standard InChI is InChI=1S/C13H14N4O/c14-13-15-6-5-12(17-13)16-8-10-7-9-3-1-2-4-11(9)18-10/h1-6,10H,7-8H2,(H3,14,15,16,17). The van der Waals surface area contributed by atoms with E-state index in [1.54, 1.807) is 12.3 Å². The van der Waals surface area contributed by atoms with Crippen molar-refractivity contribution in [1.82, 2.24) is 9.97 Å². The molecule has 0 saturated carbocycles. The van der Waals surface area contributed by atoms with Gasteiger partial charge in [-0.05, 0) is 17.7 Å². The molecule has 0 amide bonds. The van der Waals surface area contributed by atoms with Crippen LogP contribution in [0.2, 0.25) is 0 Å². The Hall–Kier alpha value is -2.30. The van der Waals surface area contributed by atoms with Gasteiger partial charge in [0.15, 0.2) is 0 Å². The molecule has 0 fully saturated rings. The van der Waals surface area contributed by atoms with Crippen LogP contribution >= 0.6 is 0 Å². The van der Waals surface area contributed by atoms with E-state index in [9.17, 15) is 0 Å². The van der Waals surface area contributed by atoms with Crippen LogP contribution in [0.25, 0.3) is 0 Å². The predicted molar refractivity (Wildman–Crippen MR) is 69.5 cm³/mol. The molecule has 1 aliphatic heterocycles. The van der Waals surface area contributed by atoms with Crippen molar-refractivity contribution < 1.29 is 4.74 Å². The Morgan fingerprint density at radius 2 is 2.22 bits per heavy atom. The van der Waals surface area contributed by atoms with Gasteiger partial charge in [-0.15, -0.1) is 0 Å². The van der Waals surface area contributed by atoms with E-state index in [1.807, 2.05) is 18.2 Å². The summed E-state index contributed by atoms with van der Waals surface area (Å²) in [5, 5.41) is 3.21. The Labute approximate surface area is 105 Å². The van der Waals surface area contributed by atoms with Crippen molar-refractivity contribution in [2.45, 2.75) is 12.5 Å². The molecule has 0 bridgehead atoms. The minimum atomic E-state index is 0.138. The van der Waals surface area contributed by atoms with Crippen LogP contribution < -0.4 is 15.8 Å². The number of hydrogen-bond acceptors (Lipinski definition) is 5. The first-order chi connectivity index (χ1) is 8.81. The summed E-state index contributed by atoms with van der Waals surface area (Å²) in [6.07, 6.45) is 2.69. The third-order valence-corrected chi connectivity index (χ3v) is 2.90. The van der Waals surface area contributed by atoms with Gasteiger partial charge >= 0.3 is 0 Å². The number of para-hydroxylation sites is 1. The fourth-order valence-corrected chi connectivity index (χ4v) is 2.06. The number of nitrogens with two attached hydrogens (primary N) is 1. The van der Waals surface area contributed by atoms with Crippen LogP contribution in [0, 0.1) is 0 Å². The number of nitrogen functional groups attached to an aromatic ring is 1. The number of aromatic nitrogens is 2. The lowest BCUT2D eigenvalue weighted by molar-refractivity contribution is 0.246. The molecule has 1 atom stereocenters. The number of fused-ring (bicyclic) bond motifs is 1. The topological polar surface area (TPSA) is 73.1 Å². The number of benzene rings is 1. The molecule has 0 aliphatic carbocycles. The number of anilines is 2. The van der Waals surface area contributed by atoms with Crippen molar-refractivity contribution in [3.63, 3.8) is 0 Å². The summed E-state index contributed by atoms with van der Waals surface area (Å²) in [5.74, 6) is 1.98. The van der Waals surface area contributed by atoms with Crippen LogP contribution in [0.3, 0.4) is 0 Å². The Kier molecular flexibility index (Phi) is 2.72. The van der Waals surface area contributed by atoms with Gasteiger partial charge in [0.2, 0.25) is 5.95 Å². The third-order valence-electron chi connectivity index (χ3n) is 2.90. The Bertz CT molecular complexity index is 533. The van der Waals surface area contributed by atoms with Gasteiger partial charge in [-0.25, -0.2) is 4.98 Å². The molecule has 0 spiro atoms. The third kappa shape index (κ3) is 2.20. The molecule has 1 aliphatic rings. The molecule has 92 valence electrons. The van der Waals surface area contributed by atoms with E-state index in [-0.39, 0.29) is 12.1 Å². The molecule has 0 saturated heterocycles. The maximum absolute atomic E-state index is 5.82. The number of ether oxygens (including phenoxy) is 1. The summed E-state index contributed by atoms with van der Waals surface area (Å²) in [6.45, 7) is 0.700. The van der Waals surface area contributed by atoms with Crippen molar-refractivity contribution in [1.29, 1.82) is 0 Å². The van der Waals surface area contributed by atoms with Gasteiger partial charge < -0.3 is 15.8 Å². The number of nitrogens with zero attached hydrogens (tertiary/aromatic N) is 2. The molecular formula is C13H14N4O. The molecule has 0 radical (unpaired) electrons. The molecular weight excluding hydrogens is 228 g/mol. The van der Waals surface area contributed by atoms with E-state index in [4.69, 9.17) is 10.5 Å². The molecule has 1 aromatic heterocycles. The van der Waals surface area contributed by atoms with Gasteiger partial charge in [0.25, 0.3) is 0 Å². The molecule has 3 rings (SSSR count). The fraction of sp³-hybridized carbons (Fsp3) is 0.231. The monoisotopic (exact) mass is 242 g/mol. The summed E-state index contributed by atoms with van der Waals surface area (Å²) in [7, 11) is 0. The van der Waals surface area contributed by atoms with Crippen LogP contribution in [0.1, 0.15) is 5.56 Å². The summed E-state index contributed by atoms with van der Waals surface area (Å²) < 4.78 is 5.82. The quantitative estimate of drug-likeness (QED) is 0.852. The lowest BCUT2D eigenvalue weighted by Gasteiger charge is -2.12. The van der Waals surface area contributed by atoms with Gasteiger partial charge in [-0.1, -0.05) is 18.2 Å². The Morgan fingerprint density at radius 3 is 3.06 bits per heavy atom. The minimum Gasteiger partial charge on any atom is -0.488 e. The molecule has 5 nitrogen and oxygen atoms in total. The molecule has 2 aromatic rings. The van der Waals surface area contributed by atoms with E-state index in [1.165, 1.54) is 5.56 Å². The minimum absolute atomic E-state index is 0.138. The highest BCUT2D eigenvalue weighted by Crippen LogP contribution is 2.28. The zero-order chi connectivity index (χ0) is 12.4. The van der Waals surface area contributed by atoms with Crippen molar-refractivity contribution >= 4 is 11.8 Å². The molecule has 2 heterocycles. The zero-order valence-corrected chi connectivity index (χ0v) is 9.84. The van der Waals surface area contributed by atoms with Crippen LogP contribution in [0.4, 0.5) is 11.8 Å². The molecule has 5 heteroatoms. The van der Waals surface area contributed by atoms with Crippen molar-refractivity contribution in [3.05, 3.63) is 42.1 Å². The summed E-state index contributed by atoms with van der Waals surface area (Å²) in [6, 6.07) is 9.90. The van der Waals surface area contributed by atoms with Gasteiger partial charge in [0.05, 0.1) is 6.54 Å². The van der Waals surface area contributed by atoms with Crippen LogP contribution in [-0.4, -0.2) is 22.6 Å². The first kappa shape index (κ1) is 10.8. The van der Waals surface area contributed by atoms with Gasteiger partial charge in [0.1, 0.15) is 17.7 Å². The second kappa shape index (κ2) is 4.52. The highest BCUT2D eigenvalue weighted by atomic mass is 16.5. The van der Waals surface area contributed by atoms with Crippen LogP contribution in [0.5, 0.6) is 5.75 Å². The fourth-order valence-electron chi connectivity index (χ4n) is 2.06. The van der Waals surface area contributed by atoms with Gasteiger partial charge in [-0.2, -0.15) is 4.98 Å². The van der Waals surface area contributed by atoms with E-state index in [0.717, 1.165) is 18.0 Å². The largest absolute Gasteiger partial charge is 0.488 e. The lowest BCUT2D eigenvalue weighted by Crippen LogP contribution is -2.24. The zero-order valence-electron chi connectivity index (χ0n) is 9.84. The number of hydrogen-bond donors (Lipinski definition) is 2. The van der Waals surface area contributed by atoms with Crippen LogP contribution in [0.15, 0.2) is 36.5 Å². The lowest BCUT2D eigenvalue weighted by atomic mass is 10.1. The van der Waals surface area contributed by atoms with Crippen molar-refractivity contribution in [2.75, 3.05) is 17.6 Å².